The van der Waals surface area contributed by atoms with Crippen molar-refractivity contribution in [1.82, 2.24) is 14.9 Å². The largest absolute Gasteiger partial charge is 0.465 e. The van der Waals surface area contributed by atoms with Gasteiger partial charge in [0.2, 0.25) is 5.91 Å². The van der Waals surface area contributed by atoms with E-state index in [1.165, 1.54) is 25.3 Å². The number of fused-ring (bicyclic) bond motifs is 1. The minimum atomic E-state index is -0.489. The summed E-state index contributed by atoms with van der Waals surface area (Å²) in [5.41, 5.74) is 1.67. The van der Waals surface area contributed by atoms with Crippen LogP contribution in [0.2, 0.25) is 0 Å². The topological polar surface area (TPSA) is 90.3 Å². The van der Waals surface area contributed by atoms with Crippen LogP contribution in [0.1, 0.15) is 48.5 Å². The normalized spacial score (nSPS) is 17.8. The van der Waals surface area contributed by atoms with Gasteiger partial charge in [-0.25, -0.2) is 9.78 Å². The summed E-state index contributed by atoms with van der Waals surface area (Å²) >= 11 is 1.25. The molecular formula is C27H31N3O4S. The van der Waals surface area contributed by atoms with Gasteiger partial charge in [0, 0.05) is 12.6 Å². The number of thioether (sulfide) groups is 1. The molecule has 184 valence electrons. The van der Waals surface area contributed by atoms with Crippen molar-refractivity contribution in [2.75, 3.05) is 12.9 Å². The van der Waals surface area contributed by atoms with E-state index in [1.807, 2.05) is 30.3 Å². The van der Waals surface area contributed by atoms with E-state index in [1.54, 1.807) is 22.8 Å². The van der Waals surface area contributed by atoms with E-state index >= 15 is 0 Å². The fourth-order valence-electron chi connectivity index (χ4n) is 4.55. The first kappa shape index (κ1) is 25.0. The Hall–Kier alpha value is -3.13. The second-order valence-corrected chi connectivity index (χ2v) is 9.98. The first-order chi connectivity index (χ1) is 17.0. The molecular weight excluding hydrogens is 462 g/mol. The summed E-state index contributed by atoms with van der Waals surface area (Å²) in [6, 6.07) is 14.9. The molecule has 1 saturated carbocycles. The number of nitrogens with zero attached hydrogens (tertiary/aromatic N) is 2. The van der Waals surface area contributed by atoms with E-state index in [0.29, 0.717) is 40.5 Å². The smallest absolute Gasteiger partial charge is 0.337 e. The first-order valence-electron chi connectivity index (χ1n) is 12.0. The lowest BCUT2D eigenvalue weighted by Crippen LogP contribution is -2.42. The predicted octanol–water partition coefficient (Wildman–Crippen LogP) is 4.21. The van der Waals surface area contributed by atoms with Crippen molar-refractivity contribution in [2.45, 2.75) is 56.8 Å². The highest BCUT2D eigenvalue weighted by molar-refractivity contribution is 7.99. The zero-order valence-electron chi connectivity index (χ0n) is 20.2. The number of methoxy groups -OCH3 is 1. The molecule has 2 unspecified atom stereocenters. The Morgan fingerprint density at radius 1 is 1.14 bits per heavy atom. The molecule has 1 N–H and O–H groups in total. The summed E-state index contributed by atoms with van der Waals surface area (Å²) in [5.74, 6) is 0.0962. The molecule has 1 aliphatic rings. The van der Waals surface area contributed by atoms with Crippen molar-refractivity contribution in [1.29, 1.82) is 0 Å². The predicted molar refractivity (Wildman–Crippen MR) is 138 cm³/mol. The number of aryl methyl sites for hydroxylation is 1. The minimum Gasteiger partial charge on any atom is -0.465 e. The highest BCUT2D eigenvalue weighted by Gasteiger charge is 2.23. The monoisotopic (exact) mass is 493 g/mol. The number of carbonyl (C=O) groups excluding carboxylic acids is 2. The average molecular weight is 494 g/mol. The average Bonchev–Trinajstić information content (AvgIpc) is 2.88. The Balaban J connectivity index is 1.60. The molecule has 1 fully saturated rings. The number of esters is 1. The van der Waals surface area contributed by atoms with Gasteiger partial charge in [-0.3, -0.25) is 14.2 Å². The summed E-state index contributed by atoms with van der Waals surface area (Å²) in [4.78, 5) is 42.9. The molecule has 35 heavy (non-hydrogen) atoms. The molecule has 1 aliphatic carbocycles. The highest BCUT2D eigenvalue weighted by Crippen LogP contribution is 2.24. The Kier molecular flexibility index (Phi) is 8.23. The van der Waals surface area contributed by atoms with E-state index in [4.69, 9.17) is 9.72 Å². The second kappa shape index (κ2) is 11.5. The SMILES string of the molecule is COC(=O)c1ccc2c(=O)n(CCc3ccccc3)c(SCC(=O)NC3CCCCC3C)nc2c1. The van der Waals surface area contributed by atoms with Gasteiger partial charge in [0.25, 0.3) is 5.56 Å². The van der Waals surface area contributed by atoms with Gasteiger partial charge in [0.05, 0.1) is 29.3 Å². The van der Waals surface area contributed by atoms with Crippen LogP contribution in [0.25, 0.3) is 10.9 Å². The fraction of sp³-hybridized carbons (Fsp3) is 0.407. The van der Waals surface area contributed by atoms with Gasteiger partial charge in [-0.1, -0.05) is 61.9 Å². The van der Waals surface area contributed by atoms with Gasteiger partial charge in [-0.05, 0) is 48.9 Å². The van der Waals surface area contributed by atoms with Crippen LogP contribution in [0.4, 0.5) is 0 Å². The number of hydrogen-bond donors (Lipinski definition) is 1. The molecule has 4 rings (SSSR count). The van der Waals surface area contributed by atoms with E-state index in [-0.39, 0.29) is 23.3 Å². The summed E-state index contributed by atoms with van der Waals surface area (Å²) < 4.78 is 6.44. The lowest BCUT2D eigenvalue weighted by atomic mass is 9.86. The van der Waals surface area contributed by atoms with Crippen molar-refractivity contribution in [2.24, 2.45) is 5.92 Å². The third-order valence-corrected chi connectivity index (χ3v) is 7.57. The minimum absolute atomic E-state index is 0.0546. The Morgan fingerprint density at radius 3 is 2.66 bits per heavy atom. The Labute approximate surface area is 209 Å². The molecule has 2 aromatic carbocycles. The molecule has 7 nitrogen and oxygen atoms in total. The van der Waals surface area contributed by atoms with Crippen LogP contribution in [0.15, 0.2) is 58.5 Å². The molecule has 3 aromatic rings. The van der Waals surface area contributed by atoms with E-state index in [0.717, 1.165) is 24.8 Å². The van der Waals surface area contributed by atoms with Crippen LogP contribution in [-0.2, 0) is 22.5 Å². The number of carbonyl (C=O) groups is 2. The summed E-state index contributed by atoms with van der Waals surface area (Å²) in [5, 5.41) is 4.06. The van der Waals surface area contributed by atoms with E-state index in [9.17, 15) is 14.4 Å². The van der Waals surface area contributed by atoms with Crippen molar-refractivity contribution in [3.8, 4) is 0 Å². The molecule has 1 heterocycles. The van der Waals surface area contributed by atoms with Gasteiger partial charge in [0.1, 0.15) is 0 Å². The first-order valence-corrected chi connectivity index (χ1v) is 13.0. The van der Waals surface area contributed by atoms with Gasteiger partial charge in [-0.15, -0.1) is 0 Å². The molecule has 0 saturated heterocycles. The maximum Gasteiger partial charge on any atom is 0.337 e. The van der Waals surface area contributed by atoms with Crippen molar-refractivity contribution < 1.29 is 14.3 Å². The van der Waals surface area contributed by atoms with Gasteiger partial charge >= 0.3 is 5.97 Å². The maximum absolute atomic E-state index is 13.4. The second-order valence-electron chi connectivity index (χ2n) is 9.03. The molecule has 1 amide bonds. The molecule has 0 spiro atoms. The highest BCUT2D eigenvalue weighted by atomic mass is 32.2. The van der Waals surface area contributed by atoms with Gasteiger partial charge < -0.3 is 10.1 Å². The van der Waals surface area contributed by atoms with Gasteiger partial charge in [0.15, 0.2) is 5.16 Å². The van der Waals surface area contributed by atoms with Crippen LogP contribution >= 0.6 is 11.8 Å². The van der Waals surface area contributed by atoms with Crippen LogP contribution in [-0.4, -0.2) is 40.3 Å². The maximum atomic E-state index is 13.4. The number of benzene rings is 2. The van der Waals surface area contributed by atoms with E-state index < -0.39 is 5.97 Å². The zero-order valence-corrected chi connectivity index (χ0v) is 21.0. The van der Waals surface area contributed by atoms with Crippen LogP contribution in [0.5, 0.6) is 0 Å². The molecule has 1 aromatic heterocycles. The standard InChI is InChI=1S/C27H31N3O4S/c1-18-8-6-7-11-22(18)28-24(31)17-35-27-29-23-16-20(26(33)34-2)12-13-21(23)25(32)30(27)15-14-19-9-4-3-5-10-19/h3-5,9-10,12-13,16,18,22H,6-8,11,14-15,17H2,1-2H3,(H,28,31). The Bertz CT molecular complexity index is 1260. The van der Waals surface area contributed by atoms with Gasteiger partial charge in [-0.2, -0.15) is 0 Å². The van der Waals surface area contributed by atoms with Crippen molar-refractivity contribution in [3.05, 3.63) is 70.0 Å². The fourth-order valence-corrected chi connectivity index (χ4v) is 5.38. The third-order valence-electron chi connectivity index (χ3n) is 6.60. The van der Waals surface area contributed by atoms with Crippen molar-refractivity contribution >= 4 is 34.5 Å². The molecule has 8 heteroatoms. The number of ether oxygens (including phenoxy) is 1. The van der Waals surface area contributed by atoms with Crippen LogP contribution in [0, 0.1) is 5.92 Å². The van der Waals surface area contributed by atoms with Crippen LogP contribution < -0.4 is 10.9 Å². The third kappa shape index (κ3) is 6.11. The lowest BCUT2D eigenvalue weighted by Gasteiger charge is -2.29. The van der Waals surface area contributed by atoms with Crippen molar-refractivity contribution in [3.63, 3.8) is 0 Å². The molecule has 0 bridgehead atoms. The summed E-state index contributed by atoms with van der Waals surface area (Å²) in [6.45, 7) is 2.62. The summed E-state index contributed by atoms with van der Waals surface area (Å²) in [7, 11) is 1.31. The Morgan fingerprint density at radius 2 is 1.91 bits per heavy atom. The molecule has 0 radical (unpaired) electrons. The lowest BCUT2D eigenvalue weighted by molar-refractivity contribution is -0.119. The number of amides is 1. The molecule has 0 aliphatic heterocycles. The number of nitrogens with one attached hydrogen (secondary N) is 1. The quantitative estimate of drug-likeness (QED) is 0.287. The number of aromatic nitrogens is 2. The summed E-state index contributed by atoms with van der Waals surface area (Å²) in [6.07, 6.45) is 5.14. The van der Waals surface area contributed by atoms with Crippen LogP contribution in [0.3, 0.4) is 0 Å². The van der Waals surface area contributed by atoms with E-state index in [2.05, 4.69) is 12.2 Å². The number of hydrogen-bond acceptors (Lipinski definition) is 6. The zero-order chi connectivity index (χ0) is 24.8. The number of rotatable bonds is 8. The molecule has 2 atom stereocenters.